The lowest BCUT2D eigenvalue weighted by molar-refractivity contribution is 0.0667. The largest absolute Gasteiger partial charge is 0.507 e. The summed E-state index contributed by atoms with van der Waals surface area (Å²) in [6.07, 6.45) is 1.53. The first kappa shape index (κ1) is 13.8. The summed E-state index contributed by atoms with van der Waals surface area (Å²) in [4.78, 5) is 14.6. The minimum Gasteiger partial charge on any atom is -0.507 e. The van der Waals surface area contributed by atoms with E-state index in [4.69, 9.17) is 18.0 Å². The van der Waals surface area contributed by atoms with Crippen LogP contribution in [-0.4, -0.2) is 34.0 Å². The van der Waals surface area contributed by atoms with Crippen LogP contribution in [0.5, 0.6) is 5.75 Å². The van der Waals surface area contributed by atoms with E-state index in [1.54, 1.807) is 23.1 Å². The maximum absolute atomic E-state index is 12.3. The Bertz CT molecular complexity index is 508. The van der Waals surface area contributed by atoms with Crippen molar-refractivity contribution < 1.29 is 9.90 Å². The van der Waals surface area contributed by atoms with E-state index in [9.17, 15) is 9.90 Å². The molecule has 0 aromatic heterocycles. The van der Waals surface area contributed by atoms with Crippen LogP contribution in [0.3, 0.4) is 0 Å². The Balaban J connectivity index is 2.08. The monoisotopic (exact) mass is 278 g/mol. The van der Waals surface area contributed by atoms with Crippen LogP contribution in [0.2, 0.25) is 0 Å². The van der Waals surface area contributed by atoms with Crippen molar-refractivity contribution in [1.29, 1.82) is 0 Å². The van der Waals surface area contributed by atoms with Gasteiger partial charge in [-0.2, -0.15) is 0 Å². The van der Waals surface area contributed by atoms with E-state index in [0.717, 1.165) is 12.8 Å². The second-order valence-corrected chi connectivity index (χ2v) is 5.67. The fourth-order valence-electron chi connectivity index (χ4n) is 2.27. The minimum atomic E-state index is -0.162. The molecule has 1 aromatic carbocycles. The molecular formula is C14H18N2O2S. The fourth-order valence-corrected chi connectivity index (χ4v) is 2.48. The first-order chi connectivity index (χ1) is 8.94. The van der Waals surface area contributed by atoms with E-state index >= 15 is 0 Å². The number of carbonyl (C=O) groups is 1. The third-order valence-electron chi connectivity index (χ3n) is 3.88. The Morgan fingerprint density at radius 1 is 1.37 bits per heavy atom. The zero-order valence-corrected chi connectivity index (χ0v) is 11.7. The number of likely N-dealkylation sites (tertiary alicyclic amines) is 1. The van der Waals surface area contributed by atoms with Crippen LogP contribution < -0.4 is 5.73 Å². The molecule has 0 unspecified atom stereocenters. The Kier molecular flexibility index (Phi) is 3.75. The second-order valence-electron chi connectivity index (χ2n) is 5.23. The van der Waals surface area contributed by atoms with Crippen LogP contribution in [0.25, 0.3) is 0 Å². The van der Waals surface area contributed by atoms with Crippen molar-refractivity contribution in [3.8, 4) is 5.75 Å². The van der Waals surface area contributed by atoms with Crippen molar-refractivity contribution >= 4 is 23.1 Å². The number of thiocarbonyl (C=S) groups is 1. The molecule has 0 atom stereocenters. The molecule has 1 aliphatic rings. The number of carbonyl (C=O) groups excluding carboxylic acids is 1. The summed E-state index contributed by atoms with van der Waals surface area (Å²) in [5.74, 6) is -0.113. The van der Waals surface area contributed by atoms with E-state index in [2.05, 4.69) is 0 Å². The molecular weight excluding hydrogens is 260 g/mol. The number of hydrogen-bond donors (Lipinski definition) is 2. The van der Waals surface area contributed by atoms with Gasteiger partial charge in [0.2, 0.25) is 0 Å². The number of aromatic hydroxyl groups is 1. The van der Waals surface area contributed by atoms with Crippen LogP contribution in [0.15, 0.2) is 24.3 Å². The van der Waals surface area contributed by atoms with Crippen molar-refractivity contribution in [3.63, 3.8) is 0 Å². The molecule has 102 valence electrons. The molecule has 0 bridgehead atoms. The Morgan fingerprint density at radius 2 is 1.95 bits per heavy atom. The van der Waals surface area contributed by atoms with Gasteiger partial charge in [-0.15, -0.1) is 0 Å². The molecule has 1 heterocycles. The van der Waals surface area contributed by atoms with Gasteiger partial charge in [-0.3, -0.25) is 4.79 Å². The Morgan fingerprint density at radius 3 is 2.47 bits per heavy atom. The van der Waals surface area contributed by atoms with E-state index < -0.39 is 0 Å². The molecule has 2 rings (SSSR count). The van der Waals surface area contributed by atoms with E-state index in [1.807, 2.05) is 6.92 Å². The third-order valence-corrected chi connectivity index (χ3v) is 4.38. The number of hydrogen-bond acceptors (Lipinski definition) is 3. The van der Waals surface area contributed by atoms with E-state index in [1.165, 1.54) is 6.07 Å². The van der Waals surface area contributed by atoms with Crippen LogP contribution in [0.4, 0.5) is 0 Å². The molecule has 0 aliphatic carbocycles. The quantitative estimate of drug-likeness (QED) is 0.811. The molecule has 1 fully saturated rings. The lowest BCUT2D eigenvalue weighted by atomic mass is 9.80. The zero-order valence-electron chi connectivity index (χ0n) is 10.9. The molecule has 5 heteroatoms. The summed E-state index contributed by atoms with van der Waals surface area (Å²) in [7, 11) is 0. The van der Waals surface area contributed by atoms with Crippen molar-refractivity contribution in [2.45, 2.75) is 19.8 Å². The first-order valence-corrected chi connectivity index (χ1v) is 6.72. The van der Waals surface area contributed by atoms with Crippen LogP contribution in [0, 0.1) is 5.41 Å². The fraction of sp³-hybridized carbons (Fsp3) is 0.429. The molecule has 0 saturated carbocycles. The number of para-hydroxylation sites is 1. The van der Waals surface area contributed by atoms with Gasteiger partial charge in [0, 0.05) is 18.5 Å². The summed E-state index contributed by atoms with van der Waals surface area (Å²) >= 11 is 5.08. The standard InChI is InChI=1S/C14H18N2O2S/c1-14(13(15)19)6-8-16(9-7-14)12(18)10-4-2-3-5-11(10)17/h2-5,17H,6-9H2,1H3,(H2,15,19). The maximum Gasteiger partial charge on any atom is 0.257 e. The number of phenolic OH excluding ortho intramolecular Hbond substituents is 1. The molecule has 4 nitrogen and oxygen atoms in total. The number of phenols is 1. The third kappa shape index (κ3) is 2.71. The summed E-state index contributed by atoms with van der Waals surface area (Å²) < 4.78 is 0. The van der Waals surface area contributed by atoms with Gasteiger partial charge in [-0.25, -0.2) is 0 Å². The average molecular weight is 278 g/mol. The molecule has 1 amide bonds. The van der Waals surface area contributed by atoms with Crippen LogP contribution in [-0.2, 0) is 0 Å². The van der Waals surface area contributed by atoms with Crippen LogP contribution >= 0.6 is 12.2 Å². The van der Waals surface area contributed by atoms with Gasteiger partial charge in [0.25, 0.3) is 5.91 Å². The number of rotatable bonds is 2. The van der Waals surface area contributed by atoms with Gasteiger partial charge in [0.1, 0.15) is 5.75 Å². The van der Waals surface area contributed by atoms with Crippen molar-refractivity contribution in [3.05, 3.63) is 29.8 Å². The highest BCUT2D eigenvalue weighted by atomic mass is 32.1. The summed E-state index contributed by atoms with van der Waals surface area (Å²) in [5.41, 5.74) is 5.93. The second kappa shape index (κ2) is 5.17. The highest BCUT2D eigenvalue weighted by molar-refractivity contribution is 7.80. The van der Waals surface area contributed by atoms with E-state index in [-0.39, 0.29) is 17.1 Å². The zero-order chi connectivity index (χ0) is 14.0. The lowest BCUT2D eigenvalue weighted by Gasteiger charge is -2.38. The molecule has 0 radical (unpaired) electrons. The van der Waals surface area contributed by atoms with Gasteiger partial charge in [-0.1, -0.05) is 31.3 Å². The van der Waals surface area contributed by atoms with Crippen molar-refractivity contribution in [2.24, 2.45) is 11.1 Å². The molecule has 1 saturated heterocycles. The van der Waals surface area contributed by atoms with Gasteiger partial charge in [0.05, 0.1) is 10.6 Å². The molecule has 3 N–H and O–H groups in total. The minimum absolute atomic E-state index is 0.0233. The van der Waals surface area contributed by atoms with Crippen molar-refractivity contribution in [1.82, 2.24) is 4.90 Å². The Hall–Kier alpha value is -1.62. The summed E-state index contributed by atoms with van der Waals surface area (Å²) in [6, 6.07) is 6.61. The van der Waals surface area contributed by atoms with E-state index in [0.29, 0.717) is 23.6 Å². The average Bonchev–Trinajstić information content (AvgIpc) is 2.39. The SMILES string of the molecule is CC1(C(N)=S)CCN(C(=O)c2ccccc2O)CC1. The van der Waals surface area contributed by atoms with Gasteiger partial charge < -0.3 is 15.7 Å². The summed E-state index contributed by atoms with van der Waals surface area (Å²) in [5, 5.41) is 9.71. The highest BCUT2D eigenvalue weighted by Crippen LogP contribution is 2.32. The molecule has 1 aliphatic heterocycles. The molecule has 19 heavy (non-hydrogen) atoms. The van der Waals surface area contributed by atoms with Gasteiger partial charge >= 0.3 is 0 Å². The number of benzene rings is 1. The lowest BCUT2D eigenvalue weighted by Crippen LogP contribution is -2.46. The molecule has 0 spiro atoms. The van der Waals surface area contributed by atoms with Crippen molar-refractivity contribution in [2.75, 3.05) is 13.1 Å². The molecule has 1 aromatic rings. The van der Waals surface area contributed by atoms with Crippen LogP contribution in [0.1, 0.15) is 30.1 Å². The van der Waals surface area contributed by atoms with Gasteiger partial charge in [0.15, 0.2) is 0 Å². The number of nitrogens with two attached hydrogens (primary N) is 1. The number of piperidine rings is 1. The predicted octanol–water partition coefficient (Wildman–Crippen LogP) is 1.92. The number of nitrogens with zero attached hydrogens (tertiary/aromatic N) is 1. The highest BCUT2D eigenvalue weighted by Gasteiger charge is 2.34. The number of amides is 1. The van der Waals surface area contributed by atoms with Gasteiger partial charge in [-0.05, 0) is 25.0 Å². The first-order valence-electron chi connectivity index (χ1n) is 6.31. The smallest absolute Gasteiger partial charge is 0.257 e. The maximum atomic E-state index is 12.3. The predicted molar refractivity (Wildman–Crippen MR) is 78.1 cm³/mol. The normalized spacial score (nSPS) is 18.1. The Labute approximate surface area is 118 Å². The topological polar surface area (TPSA) is 66.6 Å². The summed E-state index contributed by atoms with van der Waals surface area (Å²) in [6.45, 7) is 3.26.